The van der Waals surface area contributed by atoms with E-state index in [1.54, 1.807) is 11.1 Å². The Morgan fingerprint density at radius 2 is 1.48 bits per heavy atom. The number of hydrogen-bond donors (Lipinski definition) is 0. The number of anilines is 2. The summed E-state index contributed by atoms with van der Waals surface area (Å²) in [5, 5.41) is 2.47. The molecule has 29 heavy (non-hydrogen) atoms. The van der Waals surface area contributed by atoms with E-state index in [4.69, 9.17) is 4.74 Å². The second kappa shape index (κ2) is 6.01. The second-order valence-electron chi connectivity index (χ2n) is 9.57. The van der Waals surface area contributed by atoms with E-state index in [1.807, 2.05) is 0 Å². The molecule has 1 aliphatic heterocycles. The van der Waals surface area contributed by atoms with Gasteiger partial charge in [0.1, 0.15) is 5.75 Å². The first kappa shape index (κ1) is 16.8. The van der Waals surface area contributed by atoms with E-state index in [0.29, 0.717) is 6.73 Å². The van der Waals surface area contributed by atoms with Crippen molar-refractivity contribution in [3.05, 3.63) is 64.1 Å². The molecule has 4 aliphatic carbocycles. The van der Waals surface area contributed by atoms with E-state index >= 15 is 0 Å². The van der Waals surface area contributed by atoms with Gasteiger partial charge in [0, 0.05) is 9.86 Å². The predicted molar refractivity (Wildman–Crippen MR) is 121 cm³/mol. The van der Waals surface area contributed by atoms with Crippen LogP contribution >= 0.6 is 15.9 Å². The van der Waals surface area contributed by atoms with Gasteiger partial charge in [-0.15, -0.1) is 0 Å². The van der Waals surface area contributed by atoms with Crippen LogP contribution in [-0.2, 0) is 0 Å². The van der Waals surface area contributed by atoms with Gasteiger partial charge in [-0.1, -0.05) is 24.3 Å². The molecule has 2 unspecified atom stereocenters. The first-order valence-corrected chi connectivity index (χ1v) is 11.8. The molecular formula is C26H24BrNO. The van der Waals surface area contributed by atoms with Gasteiger partial charge in [0.05, 0.1) is 11.4 Å². The van der Waals surface area contributed by atoms with Crippen LogP contribution in [0.5, 0.6) is 5.75 Å². The topological polar surface area (TPSA) is 12.5 Å². The highest BCUT2D eigenvalue weighted by atomic mass is 79.9. The lowest BCUT2D eigenvalue weighted by atomic mass is 9.67. The molecule has 8 rings (SSSR count). The average Bonchev–Trinajstić information content (AvgIpc) is 2.89. The molecule has 146 valence electrons. The van der Waals surface area contributed by atoms with Crippen LogP contribution in [-0.4, -0.2) is 6.73 Å². The standard InChI is InChI=1S/C26H24BrNO/c27-22-12-20-18-8-15-7-16(9-18)11-19(10-15)21(20)13-24(22)28-14-29-25-6-2-4-17-3-1-5-23(28)26(17)25/h1-6,12-13,15-16,18-19H,7-11,14H2. The van der Waals surface area contributed by atoms with Crippen molar-refractivity contribution in [2.45, 2.75) is 43.9 Å². The minimum absolute atomic E-state index is 0.562. The average molecular weight is 446 g/mol. The van der Waals surface area contributed by atoms with Gasteiger partial charge in [0.25, 0.3) is 0 Å². The van der Waals surface area contributed by atoms with Crippen molar-refractivity contribution >= 4 is 38.1 Å². The molecule has 1 heterocycles. The fraction of sp³-hybridized carbons (Fsp3) is 0.385. The summed E-state index contributed by atoms with van der Waals surface area (Å²) in [5.41, 5.74) is 5.77. The van der Waals surface area contributed by atoms with Crippen molar-refractivity contribution in [3.63, 3.8) is 0 Å². The fourth-order valence-electron chi connectivity index (χ4n) is 6.90. The summed E-state index contributed by atoms with van der Waals surface area (Å²) >= 11 is 3.95. The number of halogens is 1. The predicted octanol–water partition coefficient (Wildman–Crippen LogP) is 7.48. The molecule has 0 N–H and O–H groups in total. The number of ether oxygens (including phenoxy) is 1. The molecule has 2 atom stereocenters. The maximum atomic E-state index is 6.20. The summed E-state index contributed by atoms with van der Waals surface area (Å²) in [6.07, 6.45) is 7.09. The first-order valence-electron chi connectivity index (χ1n) is 11.0. The molecule has 4 bridgehead atoms. The molecule has 0 saturated heterocycles. The van der Waals surface area contributed by atoms with Gasteiger partial charge in [-0.25, -0.2) is 0 Å². The maximum Gasteiger partial charge on any atom is 0.165 e. The lowest BCUT2D eigenvalue weighted by Gasteiger charge is -2.38. The van der Waals surface area contributed by atoms with Crippen molar-refractivity contribution in [1.82, 2.24) is 0 Å². The highest BCUT2D eigenvalue weighted by molar-refractivity contribution is 9.10. The fourth-order valence-corrected chi connectivity index (χ4v) is 7.48. The van der Waals surface area contributed by atoms with Gasteiger partial charge in [0.15, 0.2) is 6.73 Å². The third kappa shape index (κ3) is 2.40. The summed E-state index contributed by atoms with van der Waals surface area (Å²) in [7, 11) is 0. The third-order valence-electron chi connectivity index (χ3n) is 7.95. The van der Waals surface area contributed by atoms with Crippen LogP contribution in [0.25, 0.3) is 10.8 Å². The molecule has 2 nitrogen and oxygen atoms in total. The Morgan fingerprint density at radius 1 is 0.793 bits per heavy atom. The molecule has 2 fully saturated rings. The Kier molecular flexibility index (Phi) is 3.47. The van der Waals surface area contributed by atoms with Crippen LogP contribution in [0.2, 0.25) is 0 Å². The number of nitrogens with zero attached hydrogens (tertiary/aromatic N) is 1. The van der Waals surface area contributed by atoms with Gasteiger partial charge in [-0.2, -0.15) is 0 Å². The summed E-state index contributed by atoms with van der Waals surface area (Å²) in [4.78, 5) is 2.36. The van der Waals surface area contributed by atoms with E-state index in [2.05, 4.69) is 69.4 Å². The molecule has 0 amide bonds. The van der Waals surface area contributed by atoms with Gasteiger partial charge < -0.3 is 9.64 Å². The zero-order chi connectivity index (χ0) is 19.1. The monoisotopic (exact) mass is 445 g/mol. The largest absolute Gasteiger partial charge is 0.472 e. The van der Waals surface area contributed by atoms with Crippen LogP contribution in [0, 0.1) is 11.8 Å². The lowest BCUT2D eigenvalue weighted by molar-refractivity contribution is 0.166. The van der Waals surface area contributed by atoms with E-state index in [-0.39, 0.29) is 0 Å². The van der Waals surface area contributed by atoms with Crippen LogP contribution in [0.4, 0.5) is 11.4 Å². The van der Waals surface area contributed by atoms with Crippen molar-refractivity contribution < 1.29 is 4.74 Å². The third-order valence-corrected chi connectivity index (χ3v) is 8.58. The highest BCUT2D eigenvalue weighted by Crippen LogP contribution is 2.57. The molecule has 3 aromatic carbocycles. The smallest absolute Gasteiger partial charge is 0.165 e. The molecule has 0 radical (unpaired) electrons. The number of rotatable bonds is 1. The van der Waals surface area contributed by atoms with Crippen molar-refractivity contribution in [2.75, 3.05) is 11.6 Å². The Bertz CT molecular complexity index is 1140. The Labute approximate surface area is 180 Å². The minimum Gasteiger partial charge on any atom is -0.472 e. The van der Waals surface area contributed by atoms with E-state index in [1.165, 1.54) is 58.7 Å². The summed E-state index contributed by atoms with van der Waals surface area (Å²) in [6, 6.07) is 17.9. The van der Waals surface area contributed by atoms with Crippen molar-refractivity contribution in [2.24, 2.45) is 11.8 Å². The summed E-state index contributed by atoms with van der Waals surface area (Å²) in [6.45, 7) is 0.562. The lowest BCUT2D eigenvalue weighted by Crippen LogP contribution is -2.27. The van der Waals surface area contributed by atoms with E-state index in [0.717, 1.165) is 29.4 Å². The Morgan fingerprint density at radius 3 is 2.24 bits per heavy atom. The normalized spacial score (nSPS) is 28.9. The molecule has 3 heteroatoms. The van der Waals surface area contributed by atoms with Crippen molar-refractivity contribution in [3.8, 4) is 5.75 Å². The molecule has 2 saturated carbocycles. The number of hydrogen-bond acceptors (Lipinski definition) is 2. The summed E-state index contributed by atoms with van der Waals surface area (Å²) in [5.74, 6) is 4.42. The Hall–Kier alpha value is -2.00. The Balaban J connectivity index is 1.41. The van der Waals surface area contributed by atoms with Gasteiger partial charge in [-0.05, 0) is 112 Å². The van der Waals surface area contributed by atoms with E-state index < -0.39 is 0 Å². The van der Waals surface area contributed by atoms with Crippen LogP contribution < -0.4 is 9.64 Å². The zero-order valence-electron chi connectivity index (χ0n) is 16.4. The second-order valence-corrected chi connectivity index (χ2v) is 10.4. The molecule has 0 aromatic heterocycles. The first-order chi connectivity index (χ1) is 14.2. The number of benzene rings is 3. The minimum atomic E-state index is 0.562. The molecule has 5 aliphatic rings. The van der Waals surface area contributed by atoms with Crippen molar-refractivity contribution in [1.29, 1.82) is 0 Å². The van der Waals surface area contributed by atoms with Gasteiger partial charge in [0.2, 0.25) is 0 Å². The van der Waals surface area contributed by atoms with Crippen LogP contribution in [0.3, 0.4) is 0 Å². The molecule has 0 spiro atoms. The quantitative estimate of drug-likeness (QED) is 0.384. The zero-order valence-corrected chi connectivity index (χ0v) is 18.0. The maximum absolute atomic E-state index is 6.20. The highest BCUT2D eigenvalue weighted by Gasteiger charge is 2.42. The van der Waals surface area contributed by atoms with Crippen LogP contribution in [0.1, 0.15) is 55.1 Å². The van der Waals surface area contributed by atoms with Crippen LogP contribution in [0.15, 0.2) is 53.0 Å². The summed E-state index contributed by atoms with van der Waals surface area (Å²) < 4.78 is 7.41. The molecule has 3 aromatic rings. The van der Waals surface area contributed by atoms with Gasteiger partial charge in [-0.3, -0.25) is 0 Å². The SMILES string of the molecule is Brc1cc2c(cc1N1COc3cccc4cccc1c34)C1CC3CC(CC2C3)C1. The molecular weight excluding hydrogens is 422 g/mol. The van der Waals surface area contributed by atoms with Gasteiger partial charge >= 0.3 is 0 Å². The van der Waals surface area contributed by atoms with E-state index in [9.17, 15) is 0 Å².